The molecular formula is C17H33N3O2. The van der Waals surface area contributed by atoms with Crippen molar-refractivity contribution in [3.05, 3.63) is 0 Å². The molecule has 0 saturated heterocycles. The molecule has 0 bridgehead atoms. The Balaban J connectivity index is 1.85. The molecule has 5 heteroatoms. The van der Waals surface area contributed by atoms with Crippen LogP contribution < -0.4 is 10.6 Å². The first-order valence-electron chi connectivity index (χ1n) is 8.83. The fourth-order valence-corrected chi connectivity index (χ4v) is 4.10. The Bertz CT molecular complexity index is 375. The van der Waals surface area contributed by atoms with Crippen molar-refractivity contribution in [2.24, 2.45) is 5.92 Å². The Morgan fingerprint density at radius 1 is 1.23 bits per heavy atom. The lowest BCUT2D eigenvalue weighted by molar-refractivity contribution is 0.0746. The van der Waals surface area contributed by atoms with Crippen LogP contribution >= 0.6 is 0 Å². The molecule has 4 unspecified atom stereocenters. The Morgan fingerprint density at radius 3 is 2.59 bits per heavy atom. The SMILES string of the molecule is CC1CCCC(CNC(=O)NC2CCCCC2O)(N(C)C)C1. The zero-order valence-corrected chi connectivity index (χ0v) is 14.4. The number of nitrogens with one attached hydrogen (secondary N) is 2. The molecule has 4 atom stereocenters. The van der Waals surface area contributed by atoms with E-state index in [2.05, 4.69) is 36.6 Å². The van der Waals surface area contributed by atoms with Crippen LogP contribution in [0.5, 0.6) is 0 Å². The standard InChI is InChI=1S/C17H33N3O2/c1-13-7-6-10-17(11-13,20(2)3)12-18-16(22)19-14-8-4-5-9-15(14)21/h13-15,21H,4-12H2,1-3H3,(H2,18,19,22). The number of carbonyl (C=O) groups is 1. The van der Waals surface area contributed by atoms with Gasteiger partial charge >= 0.3 is 6.03 Å². The maximum Gasteiger partial charge on any atom is 0.315 e. The molecule has 22 heavy (non-hydrogen) atoms. The quantitative estimate of drug-likeness (QED) is 0.745. The smallest absolute Gasteiger partial charge is 0.315 e. The van der Waals surface area contributed by atoms with Crippen molar-refractivity contribution >= 4 is 6.03 Å². The van der Waals surface area contributed by atoms with Crippen molar-refractivity contribution in [1.82, 2.24) is 15.5 Å². The number of likely N-dealkylation sites (N-methyl/N-ethyl adjacent to an activating group) is 1. The fraction of sp³-hybridized carbons (Fsp3) is 0.941. The van der Waals surface area contributed by atoms with Gasteiger partial charge in [0.15, 0.2) is 0 Å². The van der Waals surface area contributed by atoms with E-state index in [4.69, 9.17) is 0 Å². The largest absolute Gasteiger partial charge is 0.391 e. The van der Waals surface area contributed by atoms with Gasteiger partial charge in [0.05, 0.1) is 12.1 Å². The number of hydrogen-bond donors (Lipinski definition) is 3. The minimum Gasteiger partial charge on any atom is -0.391 e. The number of aliphatic hydroxyl groups is 1. The lowest BCUT2D eigenvalue weighted by Crippen LogP contribution is -2.57. The second-order valence-electron chi connectivity index (χ2n) is 7.61. The summed E-state index contributed by atoms with van der Waals surface area (Å²) in [6.45, 7) is 2.98. The van der Waals surface area contributed by atoms with Gasteiger partial charge in [-0.1, -0.05) is 32.6 Å². The van der Waals surface area contributed by atoms with Gasteiger partial charge in [-0.25, -0.2) is 4.79 Å². The van der Waals surface area contributed by atoms with E-state index in [0.717, 1.165) is 38.5 Å². The van der Waals surface area contributed by atoms with Gasteiger partial charge in [-0.3, -0.25) is 0 Å². The molecule has 0 spiro atoms. The molecule has 5 nitrogen and oxygen atoms in total. The average Bonchev–Trinajstić information content (AvgIpc) is 2.47. The molecule has 0 heterocycles. The topological polar surface area (TPSA) is 64.6 Å². The van der Waals surface area contributed by atoms with E-state index in [9.17, 15) is 9.90 Å². The maximum atomic E-state index is 12.2. The van der Waals surface area contributed by atoms with Gasteiger partial charge in [-0.2, -0.15) is 0 Å². The summed E-state index contributed by atoms with van der Waals surface area (Å²) in [7, 11) is 4.23. The lowest BCUT2D eigenvalue weighted by atomic mass is 9.75. The Kier molecular flexibility index (Phi) is 6.09. The van der Waals surface area contributed by atoms with Crippen molar-refractivity contribution in [3.63, 3.8) is 0 Å². The molecule has 2 saturated carbocycles. The second kappa shape index (κ2) is 7.64. The Labute approximate surface area is 134 Å². The molecule has 2 aliphatic carbocycles. The highest BCUT2D eigenvalue weighted by Crippen LogP contribution is 2.35. The number of rotatable bonds is 4. The van der Waals surface area contributed by atoms with Gasteiger partial charge in [0.25, 0.3) is 0 Å². The van der Waals surface area contributed by atoms with Crippen LogP contribution in [0.4, 0.5) is 4.79 Å². The van der Waals surface area contributed by atoms with Crippen molar-refractivity contribution in [3.8, 4) is 0 Å². The van der Waals surface area contributed by atoms with Gasteiger partial charge in [0.1, 0.15) is 0 Å². The number of hydrogen-bond acceptors (Lipinski definition) is 3. The molecule has 2 rings (SSSR count). The highest BCUT2D eigenvalue weighted by Gasteiger charge is 2.37. The van der Waals surface area contributed by atoms with E-state index in [1.807, 2.05) is 0 Å². The van der Waals surface area contributed by atoms with Crippen LogP contribution in [-0.4, -0.2) is 54.4 Å². The average molecular weight is 311 g/mol. The predicted molar refractivity (Wildman–Crippen MR) is 88.8 cm³/mol. The van der Waals surface area contributed by atoms with Gasteiger partial charge in [0.2, 0.25) is 0 Å². The summed E-state index contributed by atoms with van der Waals surface area (Å²) in [5, 5.41) is 16.0. The van der Waals surface area contributed by atoms with Crippen LogP contribution in [0.3, 0.4) is 0 Å². The Morgan fingerprint density at radius 2 is 1.95 bits per heavy atom. The van der Waals surface area contributed by atoms with E-state index in [-0.39, 0.29) is 17.6 Å². The second-order valence-corrected chi connectivity index (χ2v) is 7.61. The zero-order valence-electron chi connectivity index (χ0n) is 14.4. The van der Waals surface area contributed by atoms with Crippen LogP contribution in [0.15, 0.2) is 0 Å². The molecule has 128 valence electrons. The minimum absolute atomic E-state index is 0.0696. The van der Waals surface area contributed by atoms with E-state index < -0.39 is 6.10 Å². The molecule has 2 fully saturated rings. The molecule has 0 aliphatic heterocycles. The first-order valence-corrected chi connectivity index (χ1v) is 8.83. The van der Waals surface area contributed by atoms with Gasteiger partial charge in [-0.05, 0) is 45.7 Å². The number of nitrogens with zero attached hydrogens (tertiary/aromatic N) is 1. The van der Waals surface area contributed by atoms with Crippen LogP contribution in [0.25, 0.3) is 0 Å². The van der Waals surface area contributed by atoms with Gasteiger partial charge in [-0.15, -0.1) is 0 Å². The molecule has 0 aromatic carbocycles. The van der Waals surface area contributed by atoms with Crippen molar-refractivity contribution in [1.29, 1.82) is 0 Å². The van der Waals surface area contributed by atoms with Crippen molar-refractivity contribution in [2.75, 3.05) is 20.6 Å². The monoisotopic (exact) mass is 311 g/mol. The number of carbonyl (C=O) groups excluding carboxylic acids is 1. The summed E-state index contributed by atoms with van der Waals surface area (Å²) in [6, 6.07) is -0.222. The van der Waals surface area contributed by atoms with Crippen LogP contribution in [0.1, 0.15) is 58.3 Å². The van der Waals surface area contributed by atoms with Gasteiger partial charge in [0, 0.05) is 12.1 Å². The van der Waals surface area contributed by atoms with Gasteiger partial charge < -0.3 is 20.6 Å². The highest BCUT2D eigenvalue weighted by molar-refractivity contribution is 5.74. The highest BCUT2D eigenvalue weighted by atomic mass is 16.3. The molecule has 2 aliphatic rings. The lowest BCUT2D eigenvalue weighted by Gasteiger charge is -2.45. The third-order valence-corrected chi connectivity index (χ3v) is 5.64. The van der Waals surface area contributed by atoms with E-state index in [1.54, 1.807) is 0 Å². The summed E-state index contributed by atoms with van der Waals surface area (Å²) in [5.41, 5.74) is 0.0696. The fourth-order valence-electron chi connectivity index (χ4n) is 4.10. The molecule has 0 radical (unpaired) electrons. The Hall–Kier alpha value is -0.810. The third-order valence-electron chi connectivity index (χ3n) is 5.64. The first kappa shape index (κ1) is 17.5. The summed E-state index contributed by atoms with van der Waals surface area (Å²) in [4.78, 5) is 14.5. The predicted octanol–water partition coefficient (Wildman–Crippen LogP) is 2.10. The molecule has 0 aromatic heterocycles. The summed E-state index contributed by atoms with van der Waals surface area (Å²) in [6.07, 6.45) is 8.21. The molecule has 3 N–H and O–H groups in total. The minimum atomic E-state index is -0.392. The molecular weight excluding hydrogens is 278 g/mol. The normalized spacial score (nSPS) is 36.1. The van der Waals surface area contributed by atoms with Crippen LogP contribution in [0, 0.1) is 5.92 Å². The van der Waals surface area contributed by atoms with E-state index in [0.29, 0.717) is 12.5 Å². The van der Waals surface area contributed by atoms with Crippen molar-refractivity contribution in [2.45, 2.75) is 76.0 Å². The number of aliphatic hydroxyl groups excluding tert-OH is 1. The van der Waals surface area contributed by atoms with Crippen molar-refractivity contribution < 1.29 is 9.90 Å². The number of amides is 2. The van der Waals surface area contributed by atoms with Crippen LogP contribution in [-0.2, 0) is 0 Å². The summed E-state index contributed by atoms with van der Waals surface area (Å²) < 4.78 is 0. The number of urea groups is 1. The van der Waals surface area contributed by atoms with Crippen LogP contribution in [0.2, 0.25) is 0 Å². The zero-order chi connectivity index (χ0) is 16.2. The van der Waals surface area contributed by atoms with E-state index >= 15 is 0 Å². The molecule has 0 aromatic rings. The summed E-state index contributed by atoms with van der Waals surface area (Å²) >= 11 is 0. The maximum absolute atomic E-state index is 12.2. The van der Waals surface area contributed by atoms with E-state index in [1.165, 1.54) is 12.8 Å². The molecule has 2 amide bonds. The summed E-state index contributed by atoms with van der Waals surface area (Å²) in [5.74, 6) is 0.709. The third kappa shape index (κ3) is 4.35. The first-order chi connectivity index (χ1) is 10.4.